The molecule has 0 aromatic heterocycles. The highest BCUT2D eigenvalue weighted by atomic mass is 17.5. The summed E-state index contributed by atoms with van der Waals surface area (Å²) < 4.78 is 8.87. The zero-order valence-electron chi connectivity index (χ0n) is 8.69. The van der Waals surface area contributed by atoms with E-state index in [1.54, 1.807) is 0 Å². The molecule has 15 heavy (non-hydrogen) atoms. The highest BCUT2D eigenvalue weighted by Gasteiger charge is 2.09. The lowest BCUT2D eigenvalue weighted by atomic mass is 10.5. The maximum Gasteiger partial charge on any atom is 0.543 e. The number of ether oxygens (including phenoxy) is 2. The van der Waals surface area contributed by atoms with Crippen molar-refractivity contribution in [1.82, 2.24) is 0 Å². The molecule has 0 N–H and O–H groups in total. The van der Waals surface area contributed by atoms with Gasteiger partial charge in [0, 0.05) is 0 Å². The summed E-state index contributed by atoms with van der Waals surface area (Å²) in [6.45, 7) is 4.02. The van der Waals surface area contributed by atoms with Gasteiger partial charge < -0.3 is 9.47 Å². The molecule has 0 saturated carbocycles. The second kappa shape index (κ2) is 9.07. The van der Waals surface area contributed by atoms with Gasteiger partial charge in [0.25, 0.3) is 0 Å². The summed E-state index contributed by atoms with van der Waals surface area (Å²) in [4.78, 5) is 29.0. The van der Waals surface area contributed by atoms with Crippen LogP contribution in [0.25, 0.3) is 0 Å². The summed E-state index contributed by atoms with van der Waals surface area (Å²) in [7, 11) is 0. The van der Waals surface area contributed by atoms with Gasteiger partial charge in [-0.15, -0.1) is 0 Å². The largest absolute Gasteiger partial charge is 0.543 e. The Morgan fingerprint density at radius 1 is 0.867 bits per heavy atom. The van der Waals surface area contributed by atoms with Gasteiger partial charge in [-0.3, -0.25) is 0 Å². The Labute approximate surface area is 87.0 Å². The molecular formula is C8H14O7. The van der Waals surface area contributed by atoms with Crippen LogP contribution in [0.1, 0.15) is 26.7 Å². The normalized spacial score (nSPS) is 9.20. The van der Waals surface area contributed by atoms with Crippen molar-refractivity contribution in [2.75, 3.05) is 13.2 Å². The van der Waals surface area contributed by atoms with Gasteiger partial charge >= 0.3 is 12.3 Å². The third-order valence-electron chi connectivity index (χ3n) is 1.05. The zero-order valence-corrected chi connectivity index (χ0v) is 8.69. The summed E-state index contributed by atoms with van der Waals surface area (Å²) in [5.41, 5.74) is 0. The van der Waals surface area contributed by atoms with Gasteiger partial charge in [0.2, 0.25) is 0 Å². The minimum Gasteiger partial charge on any atom is -0.432 e. The van der Waals surface area contributed by atoms with E-state index >= 15 is 0 Å². The van der Waals surface area contributed by atoms with Crippen molar-refractivity contribution in [3.8, 4) is 0 Å². The van der Waals surface area contributed by atoms with Crippen molar-refractivity contribution < 1.29 is 33.9 Å². The molecule has 0 saturated heterocycles. The Morgan fingerprint density at radius 2 is 1.27 bits per heavy atom. The molecule has 0 rings (SSSR count). The van der Waals surface area contributed by atoms with E-state index < -0.39 is 12.3 Å². The first-order valence-corrected chi connectivity index (χ1v) is 4.55. The number of carbonyl (C=O) groups is 2. The molecule has 7 heteroatoms. The second-order valence-corrected chi connectivity index (χ2v) is 2.43. The standard InChI is InChI=1S/C8H14O7/c1-3-5-11-7(9)13-15-14-8(10)12-6-4-2/h3-6H2,1-2H3. The van der Waals surface area contributed by atoms with Crippen LogP contribution in [-0.2, 0) is 24.3 Å². The van der Waals surface area contributed by atoms with Gasteiger partial charge in [0.05, 0.1) is 18.3 Å². The van der Waals surface area contributed by atoms with E-state index in [9.17, 15) is 9.59 Å². The topological polar surface area (TPSA) is 80.3 Å². The summed E-state index contributed by atoms with van der Waals surface area (Å²) in [5, 5.41) is 3.80. The van der Waals surface area contributed by atoms with Gasteiger partial charge in [-0.1, -0.05) is 13.8 Å². The fourth-order valence-electron chi connectivity index (χ4n) is 0.491. The van der Waals surface area contributed by atoms with E-state index in [0.29, 0.717) is 12.8 Å². The van der Waals surface area contributed by atoms with Gasteiger partial charge in [0.1, 0.15) is 0 Å². The predicted molar refractivity (Wildman–Crippen MR) is 46.5 cm³/mol. The zero-order chi connectivity index (χ0) is 11.5. The molecule has 0 bridgehead atoms. The lowest BCUT2D eigenvalue weighted by molar-refractivity contribution is -0.458. The van der Waals surface area contributed by atoms with Crippen LogP contribution in [0.5, 0.6) is 0 Å². The summed E-state index contributed by atoms with van der Waals surface area (Å²) in [6, 6.07) is 0. The number of hydrogen-bond acceptors (Lipinski definition) is 7. The molecule has 0 aliphatic rings. The van der Waals surface area contributed by atoms with Crippen LogP contribution in [0.3, 0.4) is 0 Å². The summed E-state index contributed by atoms with van der Waals surface area (Å²) in [5.74, 6) is 0. The van der Waals surface area contributed by atoms with Gasteiger partial charge in [-0.25, -0.2) is 19.4 Å². The van der Waals surface area contributed by atoms with Crippen molar-refractivity contribution in [2.24, 2.45) is 0 Å². The molecule has 0 spiro atoms. The van der Waals surface area contributed by atoms with Crippen LogP contribution < -0.4 is 0 Å². The lowest BCUT2D eigenvalue weighted by Gasteiger charge is -2.02. The number of hydrogen-bond donors (Lipinski definition) is 0. The van der Waals surface area contributed by atoms with Crippen LogP contribution in [0, 0.1) is 0 Å². The van der Waals surface area contributed by atoms with Crippen LogP contribution in [-0.4, -0.2) is 25.5 Å². The number of rotatable bonds is 6. The van der Waals surface area contributed by atoms with E-state index in [2.05, 4.69) is 24.3 Å². The van der Waals surface area contributed by atoms with E-state index in [1.165, 1.54) is 0 Å². The van der Waals surface area contributed by atoms with Crippen molar-refractivity contribution >= 4 is 12.3 Å². The van der Waals surface area contributed by atoms with Gasteiger partial charge in [-0.05, 0) is 12.8 Å². The van der Waals surface area contributed by atoms with Crippen LogP contribution in [0.2, 0.25) is 0 Å². The van der Waals surface area contributed by atoms with Crippen molar-refractivity contribution in [3.63, 3.8) is 0 Å². The van der Waals surface area contributed by atoms with E-state index in [-0.39, 0.29) is 13.2 Å². The van der Waals surface area contributed by atoms with Crippen molar-refractivity contribution in [1.29, 1.82) is 0 Å². The maximum absolute atomic E-state index is 10.6. The average molecular weight is 222 g/mol. The summed E-state index contributed by atoms with van der Waals surface area (Å²) >= 11 is 0. The molecule has 0 radical (unpaired) electrons. The van der Waals surface area contributed by atoms with Crippen LogP contribution in [0.4, 0.5) is 9.59 Å². The fourth-order valence-corrected chi connectivity index (χ4v) is 0.491. The highest BCUT2D eigenvalue weighted by Crippen LogP contribution is 1.93. The van der Waals surface area contributed by atoms with E-state index in [0.717, 1.165) is 0 Å². The minimum absolute atomic E-state index is 0.197. The Kier molecular flexibility index (Phi) is 8.16. The molecule has 0 amide bonds. The Balaban J connectivity index is 3.36. The third kappa shape index (κ3) is 8.82. The monoisotopic (exact) mass is 222 g/mol. The minimum atomic E-state index is -1.08. The van der Waals surface area contributed by atoms with Crippen molar-refractivity contribution in [2.45, 2.75) is 26.7 Å². The first kappa shape index (κ1) is 13.5. The third-order valence-corrected chi connectivity index (χ3v) is 1.05. The van der Waals surface area contributed by atoms with Crippen LogP contribution in [0.15, 0.2) is 0 Å². The first-order chi connectivity index (χ1) is 7.20. The van der Waals surface area contributed by atoms with E-state index in [1.807, 2.05) is 13.8 Å². The molecule has 0 heterocycles. The molecule has 0 aliphatic heterocycles. The predicted octanol–water partition coefficient (Wildman–Crippen LogP) is 1.96. The van der Waals surface area contributed by atoms with Gasteiger partial charge in [0.15, 0.2) is 0 Å². The fraction of sp³-hybridized carbons (Fsp3) is 0.750. The molecule has 0 fully saturated rings. The maximum atomic E-state index is 10.6. The molecular weight excluding hydrogens is 208 g/mol. The van der Waals surface area contributed by atoms with Gasteiger partial charge in [-0.2, -0.15) is 0 Å². The first-order valence-electron chi connectivity index (χ1n) is 4.55. The molecule has 0 atom stereocenters. The highest BCUT2D eigenvalue weighted by molar-refractivity contribution is 5.60. The molecule has 7 nitrogen and oxygen atoms in total. The Bertz CT molecular complexity index is 171. The van der Waals surface area contributed by atoms with Crippen molar-refractivity contribution in [3.05, 3.63) is 0 Å². The molecule has 88 valence electrons. The summed E-state index contributed by atoms with van der Waals surface area (Å²) in [6.07, 6.45) is -0.872. The Morgan fingerprint density at radius 3 is 1.60 bits per heavy atom. The van der Waals surface area contributed by atoms with Crippen LogP contribution >= 0.6 is 0 Å². The molecule has 0 aromatic rings. The smallest absolute Gasteiger partial charge is 0.432 e. The second-order valence-electron chi connectivity index (χ2n) is 2.43. The Hall–Kier alpha value is -1.50. The van der Waals surface area contributed by atoms with E-state index in [4.69, 9.17) is 0 Å². The number of carbonyl (C=O) groups excluding carboxylic acids is 2. The quantitative estimate of drug-likeness (QED) is 0.386. The molecule has 0 aliphatic carbocycles. The lowest BCUT2D eigenvalue weighted by Crippen LogP contribution is -2.13. The molecule has 0 unspecified atom stereocenters. The average Bonchev–Trinajstić information content (AvgIpc) is 2.23. The molecule has 0 aromatic carbocycles. The SMILES string of the molecule is CCCOC(=O)OOOC(=O)OCCC.